The van der Waals surface area contributed by atoms with Crippen molar-refractivity contribution in [2.24, 2.45) is 18.9 Å². The van der Waals surface area contributed by atoms with Crippen LogP contribution < -0.4 is 5.73 Å². The minimum Gasteiger partial charge on any atom is -0.383 e. The Bertz CT molecular complexity index is 715. The van der Waals surface area contributed by atoms with Gasteiger partial charge in [0.1, 0.15) is 11.6 Å². The van der Waals surface area contributed by atoms with E-state index < -0.39 is 0 Å². The monoisotopic (exact) mass is 305 g/mol. The molecule has 3 nitrogen and oxygen atoms in total. The summed E-state index contributed by atoms with van der Waals surface area (Å²) in [7, 11) is 1.84. The molecule has 1 heterocycles. The van der Waals surface area contributed by atoms with Crippen LogP contribution in [-0.2, 0) is 7.05 Å². The molecule has 2 saturated carbocycles. The molecule has 2 aliphatic carbocycles. The van der Waals surface area contributed by atoms with Gasteiger partial charge in [-0.25, -0.2) is 4.39 Å². The van der Waals surface area contributed by atoms with E-state index >= 15 is 0 Å². The molecule has 0 saturated heterocycles. The fourth-order valence-corrected chi connectivity index (χ4v) is 4.01. The molecular formula is C16H17ClFN3. The van der Waals surface area contributed by atoms with Crippen molar-refractivity contribution < 1.29 is 4.39 Å². The average Bonchev–Trinajstić information content (AvgIpc) is 2.93. The zero-order valence-corrected chi connectivity index (χ0v) is 12.6. The van der Waals surface area contributed by atoms with Crippen LogP contribution in [0, 0.1) is 17.7 Å². The Morgan fingerprint density at radius 2 is 2.00 bits per heavy atom. The van der Waals surface area contributed by atoms with Crippen molar-refractivity contribution in [3.05, 3.63) is 34.7 Å². The normalized spacial score (nSPS) is 26.9. The number of halogens is 2. The number of nitrogens with two attached hydrogens (primary N) is 1. The third-order valence-corrected chi connectivity index (χ3v) is 5.26. The molecule has 0 spiro atoms. The van der Waals surface area contributed by atoms with Crippen molar-refractivity contribution in [1.29, 1.82) is 0 Å². The van der Waals surface area contributed by atoms with E-state index in [1.54, 1.807) is 10.7 Å². The summed E-state index contributed by atoms with van der Waals surface area (Å²) in [5.74, 6) is 2.45. The summed E-state index contributed by atoms with van der Waals surface area (Å²) in [5, 5.41) is 5.01. The number of nitrogen functional groups attached to an aromatic ring is 1. The summed E-state index contributed by atoms with van der Waals surface area (Å²) >= 11 is 6.23. The van der Waals surface area contributed by atoms with Crippen molar-refractivity contribution in [3.8, 4) is 11.1 Å². The smallest absolute Gasteiger partial charge is 0.129 e. The second-order valence-corrected chi connectivity index (χ2v) is 6.72. The van der Waals surface area contributed by atoms with Gasteiger partial charge in [0, 0.05) is 24.1 Å². The lowest BCUT2D eigenvalue weighted by Crippen LogP contribution is -2.00. The van der Waals surface area contributed by atoms with Gasteiger partial charge in [-0.3, -0.25) is 4.68 Å². The molecule has 1 aromatic carbocycles. The topological polar surface area (TPSA) is 43.8 Å². The molecule has 2 aliphatic rings. The molecule has 21 heavy (non-hydrogen) atoms. The Morgan fingerprint density at radius 1 is 1.29 bits per heavy atom. The van der Waals surface area contributed by atoms with Crippen LogP contribution in [0.1, 0.15) is 30.9 Å². The highest BCUT2D eigenvalue weighted by molar-refractivity contribution is 6.33. The molecule has 4 rings (SSSR count). The Kier molecular flexibility index (Phi) is 2.80. The van der Waals surface area contributed by atoms with Gasteiger partial charge in [-0.15, -0.1) is 0 Å². The van der Waals surface area contributed by atoms with E-state index in [2.05, 4.69) is 5.10 Å². The maximum Gasteiger partial charge on any atom is 0.129 e. The summed E-state index contributed by atoms with van der Waals surface area (Å²) in [4.78, 5) is 0. The lowest BCUT2D eigenvalue weighted by atomic mass is 9.93. The molecule has 2 atom stereocenters. The minimum absolute atomic E-state index is 0.338. The summed E-state index contributed by atoms with van der Waals surface area (Å²) in [6.45, 7) is 0. The highest BCUT2D eigenvalue weighted by atomic mass is 35.5. The predicted molar refractivity (Wildman–Crippen MR) is 81.6 cm³/mol. The third-order valence-electron chi connectivity index (χ3n) is 4.95. The van der Waals surface area contributed by atoms with Crippen LogP contribution in [0.5, 0.6) is 0 Å². The molecule has 2 fully saturated rings. The highest BCUT2D eigenvalue weighted by Gasteiger charge is 2.47. The van der Waals surface area contributed by atoms with Gasteiger partial charge >= 0.3 is 0 Å². The fourth-order valence-electron chi connectivity index (χ4n) is 3.75. The maximum atomic E-state index is 13.3. The van der Waals surface area contributed by atoms with Crippen LogP contribution in [0.4, 0.5) is 10.2 Å². The van der Waals surface area contributed by atoms with Crippen LogP contribution in [-0.4, -0.2) is 9.78 Å². The van der Waals surface area contributed by atoms with Gasteiger partial charge in [0.15, 0.2) is 0 Å². The summed E-state index contributed by atoms with van der Waals surface area (Å²) in [5.41, 5.74) is 8.89. The molecule has 5 heteroatoms. The first kappa shape index (κ1) is 13.1. The summed E-state index contributed by atoms with van der Waals surface area (Å²) in [6.07, 6.45) is 3.74. The molecular weight excluding hydrogens is 289 g/mol. The number of fused-ring (bicyclic) bond motifs is 1. The number of hydrogen-bond donors (Lipinski definition) is 1. The lowest BCUT2D eigenvalue weighted by molar-refractivity contribution is 0.594. The zero-order valence-electron chi connectivity index (χ0n) is 11.8. The first-order valence-electron chi connectivity index (χ1n) is 7.32. The number of aryl methyl sites for hydroxylation is 1. The molecule has 2 N–H and O–H groups in total. The SMILES string of the molecule is Cn1nc(C2CC3CC3C2)c(-c2ccc(F)cc2Cl)c1N. The second-order valence-electron chi connectivity index (χ2n) is 6.32. The fraction of sp³-hybridized carbons (Fsp3) is 0.438. The van der Waals surface area contributed by atoms with Gasteiger partial charge in [-0.2, -0.15) is 5.10 Å². The van der Waals surface area contributed by atoms with E-state index in [9.17, 15) is 4.39 Å². The molecule has 2 aromatic rings. The second kappa shape index (κ2) is 4.47. The van der Waals surface area contributed by atoms with Crippen LogP contribution in [0.25, 0.3) is 11.1 Å². The largest absolute Gasteiger partial charge is 0.383 e. The molecule has 0 radical (unpaired) electrons. The van der Waals surface area contributed by atoms with E-state index in [1.807, 2.05) is 7.05 Å². The van der Waals surface area contributed by atoms with Crippen LogP contribution in [0.15, 0.2) is 18.2 Å². The quantitative estimate of drug-likeness (QED) is 0.912. The molecule has 1 aromatic heterocycles. The Hall–Kier alpha value is -1.55. The number of benzene rings is 1. The number of nitrogens with zero attached hydrogens (tertiary/aromatic N) is 2. The van der Waals surface area contributed by atoms with Crippen molar-refractivity contribution in [2.45, 2.75) is 25.2 Å². The van der Waals surface area contributed by atoms with Crippen molar-refractivity contribution in [2.75, 3.05) is 5.73 Å². The van der Waals surface area contributed by atoms with E-state index in [-0.39, 0.29) is 5.82 Å². The first-order valence-corrected chi connectivity index (χ1v) is 7.70. The minimum atomic E-state index is -0.338. The van der Waals surface area contributed by atoms with Crippen molar-refractivity contribution in [3.63, 3.8) is 0 Å². The van der Waals surface area contributed by atoms with Crippen molar-refractivity contribution >= 4 is 17.4 Å². The average molecular weight is 306 g/mol. The summed E-state index contributed by atoms with van der Waals surface area (Å²) < 4.78 is 15.0. The Balaban J connectivity index is 1.83. The van der Waals surface area contributed by atoms with Crippen LogP contribution in [0.3, 0.4) is 0 Å². The number of anilines is 1. The van der Waals surface area contributed by atoms with E-state index in [4.69, 9.17) is 17.3 Å². The summed E-state index contributed by atoms with van der Waals surface area (Å²) in [6, 6.07) is 4.45. The molecule has 0 amide bonds. The first-order chi connectivity index (χ1) is 10.0. The van der Waals surface area contributed by atoms with Gasteiger partial charge in [0.25, 0.3) is 0 Å². The zero-order chi connectivity index (χ0) is 14.7. The Labute approximate surface area is 127 Å². The molecule has 0 bridgehead atoms. The predicted octanol–water partition coefficient (Wildman–Crippen LogP) is 3.98. The molecule has 0 aliphatic heterocycles. The third kappa shape index (κ3) is 2.04. The van der Waals surface area contributed by atoms with Crippen molar-refractivity contribution in [1.82, 2.24) is 9.78 Å². The Morgan fingerprint density at radius 3 is 2.67 bits per heavy atom. The van der Waals surface area contributed by atoms with Gasteiger partial charge in [-0.1, -0.05) is 11.6 Å². The number of hydrogen-bond acceptors (Lipinski definition) is 2. The molecule has 110 valence electrons. The van der Waals surface area contributed by atoms with E-state index in [0.29, 0.717) is 16.8 Å². The number of rotatable bonds is 2. The van der Waals surface area contributed by atoms with Gasteiger partial charge in [-0.05, 0) is 49.3 Å². The van der Waals surface area contributed by atoms with Gasteiger partial charge < -0.3 is 5.73 Å². The standard InChI is InChI=1S/C16H17ClFN3/c1-21-16(19)14(12-3-2-11(18)7-13(12)17)15(20-21)10-5-8-4-9(8)6-10/h2-3,7-10H,4-6,19H2,1H3. The van der Waals surface area contributed by atoms with Gasteiger partial charge in [0.2, 0.25) is 0 Å². The molecule has 2 unspecified atom stereocenters. The van der Waals surface area contributed by atoms with E-state index in [0.717, 1.165) is 28.7 Å². The van der Waals surface area contributed by atoms with E-state index in [1.165, 1.54) is 31.4 Å². The van der Waals surface area contributed by atoms with Crippen LogP contribution in [0.2, 0.25) is 5.02 Å². The number of aromatic nitrogens is 2. The highest BCUT2D eigenvalue weighted by Crippen LogP contribution is 2.58. The van der Waals surface area contributed by atoms with Crippen LogP contribution >= 0.6 is 11.6 Å². The maximum absolute atomic E-state index is 13.3. The van der Waals surface area contributed by atoms with Gasteiger partial charge in [0.05, 0.1) is 10.7 Å². The lowest BCUT2D eigenvalue weighted by Gasteiger charge is -2.12.